The van der Waals surface area contributed by atoms with E-state index >= 15 is 0 Å². The van der Waals surface area contributed by atoms with E-state index in [0.717, 1.165) is 12.1 Å². The minimum atomic E-state index is -3.70. The molecule has 8 heteroatoms. The fraction of sp³-hybridized carbons (Fsp3) is 0.417. The van der Waals surface area contributed by atoms with E-state index in [-0.39, 0.29) is 29.6 Å². The molecule has 1 aliphatic rings. The highest BCUT2D eigenvalue weighted by atomic mass is 32.2. The van der Waals surface area contributed by atoms with Gasteiger partial charge in [-0.1, -0.05) is 0 Å². The van der Waals surface area contributed by atoms with E-state index in [1.54, 1.807) is 4.90 Å². The van der Waals surface area contributed by atoms with Crippen molar-refractivity contribution in [2.75, 3.05) is 31.9 Å². The number of benzene rings is 1. The van der Waals surface area contributed by atoms with Crippen LogP contribution >= 0.6 is 0 Å². The molecule has 1 aliphatic heterocycles. The summed E-state index contributed by atoms with van der Waals surface area (Å²) >= 11 is 0. The number of halogens is 1. The molecule has 20 heavy (non-hydrogen) atoms. The van der Waals surface area contributed by atoms with Gasteiger partial charge in [-0.25, -0.2) is 12.8 Å². The molecule has 0 saturated carbocycles. The van der Waals surface area contributed by atoms with Gasteiger partial charge >= 0.3 is 0 Å². The zero-order valence-corrected chi connectivity index (χ0v) is 11.9. The Bertz CT molecular complexity index is 625. The highest BCUT2D eigenvalue weighted by molar-refractivity contribution is 7.89. The smallest absolute Gasteiger partial charge is 0.243 e. The molecule has 0 unspecified atom stereocenters. The van der Waals surface area contributed by atoms with Crippen LogP contribution in [-0.4, -0.2) is 49.7 Å². The van der Waals surface area contributed by atoms with E-state index in [1.807, 2.05) is 0 Å². The van der Waals surface area contributed by atoms with Crippen LogP contribution in [0.15, 0.2) is 23.1 Å². The number of anilines is 1. The summed E-state index contributed by atoms with van der Waals surface area (Å²) in [6.07, 6.45) is 0. The molecule has 0 aliphatic carbocycles. The van der Waals surface area contributed by atoms with Crippen molar-refractivity contribution in [2.24, 2.45) is 0 Å². The van der Waals surface area contributed by atoms with Crippen LogP contribution in [0.1, 0.15) is 6.92 Å². The fourth-order valence-electron chi connectivity index (χ4n) is 2.07. The number of nitrogen functional groups attached to an aromatic ring is 1. The first-order chi connectivity index (χ1) is 9.32. The zero-order valence-electron chi connectivity index (χ0n) is 11.0. The van der Waals surface area contributed by atoms with Gasteiger partial charge in [0.15, 0.2) is 0 Å². The minimum Gasteiger partial charge on any atom is -0.396 e. The van der Waals surface area contributed by atoms with E-state index in [1.165, 1.54) is 17.3 Å². The number of carbonyl (C=O) groups is 1. The highest BCUT2D eigenvalue weighted by Gasteiger charge is 2.29. The number of sulfonamides is 1. The van der Waals surface area contributed by atoms with Crippen LogP contribution in [0.5, 0.6) is 0 Å². The minimum absolute atomic E-state index is 0.0346. The van der Waals surface area contributed by atoms with Gasteiger partial charge in [-0.05, 0) is 18.2 Å². The Morgan fingerprint density at radius 3 is 2.35 bits per heavy atom. The Morgan fingerprint density at radius 2 is 1.85 bits per heavy atom. The van der Waals surface area contributed by atoms with E-state index in [2.05, 4.69) is 0 Å². The molecule has 1 aromatic carbocycles. The lowest BCUT2D eigenvalue weighted by atomic mass is 10.3. The monoisotopic (exact) mass is 301 g/mol. The predicted molar refractivity (Wildman–Crippen MR) is 71.8 cm³/mol. The van der Waals surface area contributed by atoms with Crippen LogP contribution in [0.3, 0.4) is 0 Å². The average molecular weight is 301 g/mol. The third-order valence-corrected chi connectivity index (χ3v) is 5.18. The van der Waals surface area contributed by atoms with Gasteiger partial charge in [0.2, 0.25) is 15.9 Å². The molecule has 6 nitrogen and oxygen atoms in total. The summed E-state index contributed by atoms with van der Waals surface area (Å²) in [6.45, 7) is 2.60. The summed E-state index contributed by atoms with van der Waals surface area (Å²) < 4.78 is 39.1. The summed E-state index contributed by atoms with van der Waals surface area (Å²) in [7, 11) is -3.70. The van der Waals surface area contributed by atoms with Gasteiger partial charge < -0.3 is 10.6 Å². The number of amides is 1. The third-order valence-electron chi connectivity index (χ3n) is 3.29. The molecule has 0 radical (unpaired) electrons. The Labute approximate surface area is 117 Å². The van der Waals surface area contributed by atoms with Crippen LogP contribution in [0.25, 0.3) is 0 Å². The quantitative estimate of drug-likeness (QED) is 0.794. The second kappa shape index (κ2) is 5.37. The zero-order chi connectivity index (χ0) is 14.9. The average Bonchev–Trinajstić information content (AvgIpc) is 2.41. The van der Waals surface area contributed by atoms with E-state index in [9.17, 15) is 17.6 Å². The normalized spacial score (nSPS) is 17.2. The van der Waals surface area contributed by atoms with Crippen molar-refractivity contribution >= 4 is 21.6 Å². The van der Waals surface area contributed by atoms with Crippen molar-refractivity contribution in [3.63, 3.8) is 0 Å². The number of carbonyl (C=O) groups excluding carboxylic acids is 1. The molecule has 1 fully saturated rings. The summed E-state index contributed by atoms with van der Waals surface area (Å²) in [6, 6.07) is 3.34. The van der Waals surface area contributed by atoms with Crippen LogP contribution in [0.4, 0.5) is 10.1 Å². The molecular weight excluding hydrogens is 285 g/mol. The molecule has 0 spiro atoms. The van der Waals surface area contributed by atoms with E-state index in [4.69, 9.17) is 5.73 Å². The number of hydrogen-bond donors (Lipinski definition) is 1. The number of piperazine rings is 1. The maximum absolute atomic E-state index is 13.1. The number of nitrogens with two attached hydrogens (primary N) is 1. The standard InChI is InChI=1S/C12H16FN3O3S/c1-9(17)15-4-6-16(7-5-15)20(18,19)10-2-3-11(13)12(14)8-10/h2-3,8H,4-7,14H2,1H3. The molecule has 1 aromatic rings. The van der Waals surface area contributed by atoms with E-state index < -0.39 is 15.8 Å². The summed E-state index contributed by atoms with van der Waals surface area (Å²) in [5.41, 5.74) is 5.20. The van der Waals surface area contributed by atoms with Crippen molar-refractivity contribution in [3.8, 4) is 0 Å². The topological polar surface area (TPSA) is 83.7 Å². The van der Waals surface area contributed by atoms with Crippen molar-refractivity contribution in [3.05, 3.63) is 24.0 Å². The summed E-state index contributed by atoms with van der Waals surface area (Å²) in [5, 5.41) is 0. The molecule has 2 rings (SSSR count). The van der Waals surface area contributed by atoms with Crippen molar-refractivity contribution < 1.29 is 17.6 Å². The van der Waals surface area contributed by atoms with E-state index in [0.29, 0.717) is 13.1 Å². The van der Waals surface area contributed by atoms with Crippen molar-refractivity contribution in [1.82, 2.24) is 9.21 Å². The largest absolute Gasteiger partial charge is 0.396 e. The maximum Gasteiger partial charge on any atom is 0.243 e. The molecule has 1 amide bonds. The Hall–Kier alpha value is -1.67. The Morgan fingerprint density at radius 1 is 1.25 bits per heavy atom. The van der Waals surface area contributed by atoms with Crippen molar-refractivity contribution in [1.29, 1.82) is 0 Å². The third kappa shape index (κ3) is 2.75. The molecule has 1 heterocycles. The molecule has 2 N–H and O–H groups in total. The lowest BCUT2D eigenvalue weighted by Crippen LogP contribution is -2.49. The molecule has 110 valence electrons. The maximum atomic E-state index is 13.1. The van der Waals surface area contributed by atoms with Gasteiger partial charge in [0.05, 0.1) is 10.6 Å². The van der Waals surface area contributed by atoms with Gasteiger partial charge in [-0.15, -0.1) is 0 Å². The fourth-order valence-corrected chi connectivity index (χ4v) is 3.53. The molecule has 0 atom stereocenters. The molecule has 1 saturated heterocycles. The van der Waals surface area contributed by atoms with Gasteiger partial charge in [0, 0.05) is 33.1 Å². The SMILES string of the molecule is CC(=O)N1CCN(S(=O)(=O)c2ccc(F)c(N)c2)CC1. The van der Waals surface area contributed by atoms with Crippen molar-refractivity contribution in [2.45, 2.75) is 11.8 Å². The first-order valence-corrected chi connectivity index (χ1v) is 7.57. The highest BCUT2D eigenvalue weighted by Crippen LogP contribution is 2.21. The number of hydrogen-bond acceptors (Lipinski definition) is 4. The van der Waals surface area contributed by atoms with Gasteiger partial charge in [0.25, 0.3) is 0 Å². The van der Waals surface area contributed by atoms with Gasteiger partial charge in [-0.3, -0.25) is 4.79 Å². The first kappa shape index (κ1) is 14.7. The summed E-state index contributed by atoms with van der Waals surface area (Å²) in [5.74, 6) is -0.724. The Balaban J connectivity index is 2.19. The number of nitrogens with zero attached hydrogens (tertiary/aromatic N) is 2. The van der Waals surface area contributed by atoms with Crippen LogP contribution < -0.4 is 5.73 Å². The summed E-state index contributed by atoms with van der Waals surface area (Å²) in [4.78, 5) is 12.8. The second-order valence-electron chi connectivity index (χ2n) is 4.59. The Kier molecular flexibility index (Phi) is 3.96. The lowest BCUT2D eigenvalue weighted by molar-refractivity contribution is -0.129. The molecule has 0 bridgehead atoms. The van der Waals surface area contributed by atoms with Crippen LogP contribution in [0.2, 0.25) is 0 Å². The molecular formula is C12H16FN3O3S. The molecule has 0 aromatic heterocycles. The number of rotatable bonds is 2. The van der Waals surface area contributed by atoms with Gasteiger partial charge in [-0.2, -0.15) is 4.31 Å². The van der Waals surface area contributed by atoms with Crippen LogP contribution in [-0.2, 0) is 14.8 Å². The lowest BCUT2D eigenvalue weighted by Gasteiger charge is -2.33. The predicted octanol–water partition coefficient (Wildman–Crippen LogP) is 0.261. The second-order valence-corrected chi connectivity index (χ2v) is 6.53. The van der Waals surface area contributed by atoms with Gasteiger partial charge in [0.1, 0.15) is 5.82 Å². The van der Waals surface area contributed by atoms with Crippen LogP contribution in [0, 0.1) is 5.82 Å². The first-order valence-electron chi connectivity index (χ1n) is 6.13.